The SMILES string of the molecule is CC#CC(=O)[C@@H]1CN(C(=O)OC(C)(C)C)C[C@H](C)O1. The smallest absolute Gasteiger partial charge is 0.410 e. The lowest BCUT2D eigenvalue weighted by atomic mass is 10.1. The molecule has 0 unspecified atom stereocenters. The summed E-state index contributed by atoms with van der Waals surface area (Å²) < 4.78 is 10.8. The molecular weight excluding hydrogens is 246 g/mol. The van der Waals surface area contributed by atoms with Crippen LogP contribution in [0.25, 0.3) is 0 Å². The zero-order chi connectivity index (χ0) is 14.6. The molecule has 1 aliphatic rings. The first-order valence-electron chi connectivity index (χ1n) is 6.33. The standard InChI is InChI=1S/C14H21NO4/c1-6-7-11(16)12-9-15(8-10(2)18-12)13(17)19-14(3,4)5/h10,12H,8-9H2,1-5H3/t10-,12-/m0/s1. The second-order valence-electron chi connectivity index (χ2n) is 5.56. The van der Waals surface area contributed by atoms with E-state index < -0.39 is 17.8 Å². The van der Waals surface area contributed by atoms with Gasteiger partial charge in [0, 0.05) is 0 Å². The molecule has 0 N–H and O–H groups in total. The number of carbonyl (C=O) groups excluding carboxylic acids is 2. The van der Waals surface area contributed by atoms with Crippen molar-refractivity contribution in [2.75, 3.05) is 13.1 Å². The Kier molecular flexibility index (Phi) is 4.96. The minimum Gasteiger partial charge on any atom is -0.444 e. The Morgan fingerprint density at radius 2 is 1.95 bits per heavy atom. The van der Waals surface area contributed by atoms with Crippen molar-refractivity contribution in [3.8, 4) is 11.8 Å². The molecule has 2 atom stereocenters. The Hall–Kier alpha value is -1.54. The van der Waals surface area contributed by atoms with Gasteiger partial charge >= 0.3 is 6.09 Å². The fraction of sp³-hybridized carbons (Fsp3) is 0.714. The Morgan fingerprint density at radius 3 is 2.47 bits per heavy atom. The number of rotatable bonds is 1. The van der Waals surface area contributed by atoms with E-state index >= 15 is 0 Å². The summed E-state index contributed by atoms with van der Waals surface area (Å²) in [6.07, 6.45) is -1.33. The van der Waals surface area contributed by atoms with Crippen molar-refractivity contribution >= 4 is 11.9 Å². The molecular formula is C14H21NO4. The fourth-order valence-corrected chi connectivity index (χ4v) is 1.78. The van der Waals surface area contributed by atoms with Crippen LogP contribution < -0.4 is 0 Å². The molecule has 5 heteroatoms. The lowest BCUT2D eigenvalue weighted by molar-refractivity contribution is -0.136. The second kappa shape index (κ2) is 6.07. The Morgan fingerprint density at radius 1 is 1.32 bits per heavy atom. The third-order valence-corrected chi connectivity index (χ3v) is 2.45. The number of ketones is 1. The highest BCUT2D eigenvalue weighted by molar-refractivity contribution is 5.99. The number of hydrogen-bond acceptors (Lipinski definition) is 4. The molecule has 0 aromatic carbocycles. The zero-order valence-electron chi connectivity index (χ0n) is 12.1. The van der Waals surface area contributed by atoms with Crippen LogP contribution in [-0.2, 0) is 14.3 Å². The highest BCUT2D eigenvalue weighted by Crippen LogP contribution is 2.16. The van der Waals surface area contributed by atoms with E-state index in [4.69, 9.17) is 9.47 Å². The van der Waals surface area contributed by atoms with Gasteiger partial charge < -0.3 is 14.4 Å². The first kappa shape index (κ1) is 15.5. The molecule has 1 amide bonds. The summed E-state index contributed by atoms with van der Waals surface area (Å²) in [6.45, 7) is 9.43. The van der Waals surface area contributed by atoms with Crippen LogP contribution in [0, 0.1) is 11.8 Å². The molecule has 1 aliphatic heterocycles. The van der Waals surface area contributed by atoms with E-state index in [1.165, 1.54) is 4.90 Å². The van der Waals surface area contributed by atoms with Crippen molar-refractivity contribution in [2.24, 2.45) is 0 Å². The molecule has 1 saturated heterocycles. The molecule has 106 valence electrons. The van der Waals surface area contributed by atoms with Crippen LogP contribution in [0.2, 0.25) is 0 Å². The molecule has 0 radical (unpaired) electrons. The minimum absolute atomic E-state index is 0.187. The number of nitrogens with zero attached hydrogens (tertiary/aromatic N) is 1. The van der Waals surface area contributed by atoms with Gasteiger partial charge in [-0.05, 0) is 40.5 Å². The lowest BCUT2D eigenvalue weighted by Gasteiger charge is -2.36. The molecule has 1 heterocycles. The molecule has 1 fully saturated rings. The van der Waals surface area contributed by atoms with Crippen molar-refractivity contribution in [2.45, 2.75) is 52.4 Å². The third kappa shape index (κ3) is 4.92. The topological polar surface area (TPSA) is 55.8 Å². The van der Waals surface area contributed by atoms with Crippen molar-refractivity contribution < 1.29 is 19.1 Å². The summed E-state index contributed by atoms with van der Waals surface area (Å²) in [5.74, 6) is 4.70. The van der Waals surface area contributed by atoms with Crippen LogP contribution in [0.5, 0.6) is 0 Å². The van der Waals surface area contributed by atoms with E-state index in [2.05, 4.69) is 11.8 Å². The molecule has 0 spiro atoms. The summed E-state index contributed by atoms with van der Waals surface area (Å²) in [7, 11) is 0. The monoisotopic (exact) mass is 267 g/mol. The largest absolute Gasteiger partial charge is 0.444 e. The van der Waals surface area contributed by atoms with Gasteiger partial charge in [-0.25, -0.2) is 4.79 Å². The summed E-state index contributed by atoms with van der Waals surface area (Å²) in [5.41, 5.74) is -0.554. The fourth-order valence-electron chi connectivity index (χ4n) is 1.78. The lowest BCUT2D eigenvalue weighted by Crippen LogP contribution is -2.52. The summed E-state index contributed by atoms with van der Waals surface area (Å²) >= 11 is 0. The quantitative estimate of drug-likeness (QED) is 0.535. The van der Waals surface area contributed by atoms with Gasteiger partial charge in [0.1, 0.15) is 11.7 Å². The molecule has 0 aromatic rings. The highest BCUT2D eigenvalue weighted by atomic mass is 16.6. The van der Waals surface area contributed by atoms with E-state index in [1.54, 1.807) is 27.7 Å². The number of Topliss-reactive ketones (excluding diaryl/α,β-unsaturated/α-hetero) is 1. The number of ether oxygens (including phenoxy) is 2. The molecule has 0 saturated carbocycles. The highest BCUT2D eigenvalue weighted by Gasteiger charge is 2.34. The predicted octanol–water partition coefficient (Wildman–Crippen LogP) is 1.60. The zero-order valence-corrected chi connectivity index (χ0v) is 12.1. The minimum atomic E-state index is -0.691. The molecule has 1 rings (SSSR count). The van der Waals surface area contributed by atoms with Crippen LogP contribution in [0.15, 0.2) is 0 Å². The van der Waals surface area contributed by atoms with E-state index in [0.717, 1.165) is 0 Å². The normalized spacial score (nSPS) is 23.3. The molecule has 19 heavy (non-hydrogen) atoms. The van der Waals surface area contributed by atoms with Gasteiger partial charge in [-0.15, -0.1) is 0 Å². The Balaban J connectivity index is 2.71. The summed E-state index contributed by atoms with van der Waals surface area (Å²) in [4.78, 5) is 25.2. The van der Waals surface area contributed by atoms with Gasteiger partial charge in [0.2, 0.25) is 5.78 Å². The van der Waals surface area contributed by atoms with E-state index in [-0.39, 0.29) is 18.4 Å². The third-order valence-electron chi connectivity index (χ3n) is 2.45. The second-order valence-corrected chi connectivity index (χ2v) is 5.56. The van der Waals surface area contributed by atoms with Gasteiger partial charge in [-0.1, -0.05) is 5.92 Å². The average molecular weight is 267 g/mol. The van der Waals surface area contributed by atoms with Crippen LogP contribution in [0.1, 0.15) is 34.6 Å². The predicted molar refractivity (Wildman–Crippen MR) is 70.6 cm³/mol. The first-order valence-corrected chi connectivity index (χ1v) is 6.33. The van der Waals surface area contributed by atoms with Crippen molar-refractivity contribution in [1.29, 1.82) is 0 Å². The van der Waals surface area contributed by atoms with Crippen LogP contribution >= 0.6 is 0 Å². The number of carbonyl (C=O) groups is 2. The molecule has 0 bridgehead atoms. The number of morpholine rings is 1. The number of amides is 1. The number of hydrogen-bond donors (Lipinski definition) is 0. The first-order chi connectivity index (χ1) is 8.73. The van der Waals surface area contributed by atoms with E-state index in [1.807, 2.05) is 6.92 Å². The van der Waals surface area contributed by atoms with E-state index in [9.17, 15) is 9.59 Å². The molecule has 0 aliphatic carbocycles. The Labute approximate surface area is 114 Å². The van der Waals surface area contributed by atoms with E-state index in [0.29, 0.717) is 6.54 Å². The van der Waals surface area contributed by atoms with Gasteiger partial charge in [-0.3, -0.25) is 4.79 Å². The summed E-state index contributed by atoms with van der Waals surface area (Å²) in [6, 6.07) is 0. The van der Waals surface area contributed by atoms with Crippen molar-refractivity contribution in [3.63, 3.8) is 0 Å². The maximum atomic E-state index is 12.0. The maximum absolute atomic E-state index is 12.0. The maximum Gasteiger partial charge on any atom is 0.410 e. The van der Waals surface area contributed by atoms with Gasteiger partial charge in [0.05, 0.1) is 19.2 Å². The van der Waals surface area contributed by atoms with Gasteiger partial charge in [0.25, 0.3) is 0 Å². The van der Waals surface area contributed by atoms with Crippen LogP contribution in [0.4, 0.5) is 4.79 Å². The van der Waals surface area contributed by atoms with Gasteiger partial charge in [-0.2, -0.15) is 0 Å². The van der Waals surface area contributed by atoms with Crippen LogP contribution in [0.3, 0.4) is 0 Å². The van der Waals surface area contributed by atoms with Crippen molar-refractivity contribution in [3.05, 3.63) is 0 Å². The molecule has 0 aromatic heterocycles. The van der Waals surface area contributed by atoms with Crippen molar-refractivity contribution in [1.82, 2.24) is 4.90 Å². The molecule has 5 nitrogen and oxygen atoms in total. The Bertz CT molecular complexity index is 413. The summed E-state index contributed by atoms with van der Waals surface area (Å²) in [5, 5.41) is 0. The van der Waals surface area contributed by atoms with Crippen LogP contribution in [-0.4, -0.2) is 47.7 Å². The van der Waals surface area contributed by atoms with Gasteiger partial charge in [0.15, 0.2) is 0 Å². The average Bonchev–Trinajstić information content (AvgIpc) is 2.26.